The number of nitrogens with one attached hydrogen (secondary N) is 1. The highest BCUT2D eigenvalue weighted by Crippen LogP contribution is 1.82. The van der Waals surface area contributed by atoms with Gasteiger partial charge in [0.25, 0.3) is 0 Å². The second-order valence-electron chi connectivity index (χ2n) is 1.73. The zero-order valence-corrected chi connectivity index (χ0v) is 5.88. The standard InChI is InChI=1S/C5H10N2S/c1-4(2)3-7-5(6)8/h3H,1-2H3,(H3,6,7,8). The lowest BCUT2D eigenvalue weighted by molar-refractivity contribution is 1.21. The molecular formula is C5H10N2S. The van der Waals surface area contributed by atoms with E-state index in [2.05, 4.69) is 17.5 Å². The molecule has 0 aromatic rings. The van der Waals surface area contributed by atoms with Crippen LogP contribution in [0.5, 0.6) is 0 Å². The summed E-state index contributed by atoms with van der Waals surface area (Å²) in [6, 6.07) is 0. The summed E-state index contributed by atoms with van der Waals surface area (Å²) in [6.07, 6.45) is 1.77. The number of rotatable bonds is 1. The van der Waals surface area contributed by atoms with Crippen LogP contribution in [0.25, 0.3) is 0 Å². The van der Waals surface area contributed by atoms with Crippen molar-refractivity contribution in [2.45, 2.75) is 13.8 Å². The lowest BCUT2D eigenvalue weighted by Gasteiger charge is -1.93. The second kappa shape index (κ2) is 3.43. The van der Waals surface area contributed by atoms with Crippen LogP contribution in [0.1, 0.15) is 13.8 Å². The summed E-state index contributed by atoms with van der Waals surface area (Å²) in [7, 11) is 0. The third-order valence-corrected chi connectivity index (χ3v) is 0.621. The molecule has 0 amide bonds. The molecule has 0 bridgehead atoms. The molecule has 0 saturated carbocycles. The minimum atomic E-state index is 0.311. The van der Waals surface area contributed by atoms with Crippen molar-refractivity contribution in [3.63, 3.8) is 0 Å². The van der Waals surface area contributed by atoms with Crippen LogP contribution in [0, 0.1) is 0 Å². The number of hydrogen-bond donors (Lipinski definition) is 2. The maximum absolute atomic E-state index is 5.12. The van der Waals surface area contributed by atoms with Crippen LogP contribution in [0.4, 0.5) is 0 Å². The van der Waals surface area contributed by atoms with Gasteiger partial charge in [-0.1, -0.05) is 5.57 Å². The first-order valence-corrected chi connectivity index (χ1v) is 2.73. The molecule has 0 aliphatic rings. The first-order valence-electron chi connectivity index (χ1n) is 2.32. The van der Waals surface area contributed by atoms with Gasteiger partial charge in [0.1, 0.15) is 0 Å². The van der Waals surface area contributed by atoms with Crippen molar-refractivity contribution in [3.05, 3.63) is 11.8 Å². The summed E-state index contributed by atoms with van der Waals surface area (Å²) in [5, 5.41) is 3.00. The van der Waals surface area contributed by atoms with Gasteiger partial charge in [0.05, 0.1) is 0 Å². The van der Waals surface area contributed by atoms with Crippen LogP contribution in [0.15, 0.2) is 11.8 Å². The van der Waals surface area contributed by atoms with E-state index < -0.39 is 0 Å². The second-order valence-corrected chi connectivity index (χ2v) is 2.17. The molecule has 0 unspecified atom stereocenters. The Hall–Kier alpha value is -0.570. The highest BCUT2D eigenvalue weighted by Gasteiger charge is 1.77. The summed E-state index contributed by atoms with van der Waals surface area (Å²) in [6.45, 7) is 3.93. The van der Waals surface area contributed by atoms with E-state index in [1.54, 1.807) is 6.20 Å². The van der Waals surface area contributed by atoms with E-state index in [-0.39, 0.29) is 0 Å². The molecule has 0 aliphatic carbocycles. The smallest absolute Gasteiger partial charge is 0.167 e. The van der Waals surface area contributed by atoms with Gasteiger partial charge >= 0.3 is 0 Å². The van der Waals surface area contributed by atoms with E-state index >= 15 is 0 Å². The molecule has 0 fully saturated rings. The van der Waals surface area contributed by atoms with Gasteiger partial charge in [-0.05, 0) is 26.1 Å². The maximum atomic E-state index is 5.12. The summed E-state index contributed by atoms with van der Waals surface area (Å²) in [5.41, 5.74) is 6.27. The fraction of sp³-hybridized carbons (Fsp3) is 0.400. The number of thiocarbonyl (C=S) groups is 1. The largest absolute Gasteiger partial charge is 0.376 e. The molecule has 8 heavy (non-hydrogen) atoms. The Balaban J connectivity index is 3.45. The summed E-state index contributed by atoms with van der Waals surface area (Å²) < 4.78 is 0. The highest BCUT2D eigenvalue weighted by molar-refractivity contribution is 7.80. The fourth-order valence-electron chi connectivity index (χ4n) is 0.215. The molecule has 3 heteroatoms. The van der Waals surface area contributed by atoms with Gasteiger partial charge in [-0.3, -0.25) is 0 Å². The molecule has 2 nitrogen and oxygen atoms in total. The number of nitrogens with two attached hydrogens (primary N) is 1. The first kappa shape index (κ1) is 7.43. The zero-order valence-electron chi connectivity index (χ0n) is 5.06. The Morgan fingerprint density at radius 3 is 2.25 bits per heavy atom. The van der Waals surface area contributed by atoms with Crippen molar-refractivity contribution in [3.8, 4) is 0 Å². The van der Waals surface area contributed by atoms with Crippen molar-refractivity contribution < 1.29 is 0 Å². The molecule has 0 aliphatic heterocycles. The average molecular weight is 130 g/mol. The zero-order chi connectivity index (χ0) is 6.57. The molecule has 46 valence electrons. The van der Waals surface area contributed by atoms with E-state index in [4.69, 9.17) is 5.73 Å². The monoisotopic (exact) mass is 130 g/mol. The van der Waals surface area contributed by atoms with Crippen LogP contribution in [0.3, 0.4) is 0 Å². The molecule has 0 saturated heterocycles. The van der Waals surface area contributed by atoms with Gasteiger partial charge in [0.15, 0.2) is 5.11 Å². The minimum absolute atomic E-state index is 0.311. The predicted molar refractivity (Wildman–Crippen MR) is 39.4 cm³/mol. The Morgan fingerprint density at radius 1 is 1.62 bits per heavy atom. The average Bonchev–Trinajstić information content (AvgIpc) is 1.61. The molecular weight excluding hydrogens is 120 g/mol. The number of hydrogen-bond acceptors (Lipinski definition) is 1. The number of allylic oxidation sites excluding steroid dienone is 1. The highest BCUT2D eigenvalue weighted by atomic mass is 32.1. The Morgan fingerprint density at radius 2 is 2.12 bits per heavy atom. The third kappa shape index (κ3) is 5.43. The van der Waals surface area contributed by atoms with Gasteiger partial charge in [-0.2, -0.15) is 0 Å². The topological polar surface area (TPSA) is 38.0 Å². The van der Waals surface area contributed by atoms with Crippen molar-refractivity contribution in [2.24, 2.45) is 5.73 Å². The fourth-order valence-corrected chi connectivity index (χ4v) is 0.274. The van der Waals surface area contributed by atoms with Gasteiger partial charge in [-0.15, -0.1) is 0 Å². The van der Waals surface area contributed by atoms with Gasteiger partial charge in [-0.25, -0.2) is 0 Å². The maximum Gasteiger partial charge on any atom is 0.167 e. The van der Waals surface area contributed by atoms with Crippen molar-refractivity contribution in [1.82, 2.24) is 5.32 Å². The van der Waals surface area contributed by atoms with E-state index in [0.29, 0.717) is 5.11 Å². The summed E-state index contributed by atoms with van der Waals surface area (Å²) in [5.74, 6) is 0. The van der Waals surface area contributed by atoms with Crippen LogP contribution < -0.4 is 11.1 Å². The third-order valence-electron chi connectivity index (χ3n) is 0.503. The predicted octanol–water partition coefficient (Wildman–Crippen LogP) is 0.743. The molecule has 0 atom stereocenters. The molecule has 0 heterocycles. The van der Waals surface area contributed by atoms with E-state index in [0.717, 1.165) is 5.57 Å². The van der Waals surface area contributed by atoms with E-state index in [9.17, 15) is 0 Å². The van der Waals surface area contributed by atoms with Gasteiger partial charge in [0, 0.05) is 6.20 Å². The molecule has 0 radical (unpaired) electrons. The van der Waals surface area contributed by atoms with Gasteiger partial charge in [0.2, 0.25) is 0 Å². The first-order chi connectivity index (χ1) is 3.63. The quantitative estimate of drug-likeness (QED) is 0.514. The van der Waals surface area contributed by atoms with Gasteiger partial charge < -0.3 is 11.1 Å². The van der Waals surface area contributed by atoms with Crippen LogP contribution in [0.2, 0.25) is 0 Å². The normalized spacial score (nSPS) is 7.75. The minimum Gasteiger partial charge on any atom is -0.376 e. The van der Waals surface area contributed by atoms with Crippen molar-refractivity contribution >= 4 is 17.3 Å². The SMILES string of the molecule is CC(C)=CNC(N)=S. The van der Waals surface area contributed by atoms with Crippen LogP contribution in [-0.4, -0.2) is 5.11 Å². The Labute approximate surface area is 54.8 Å². The van der Waals surface area contributed by atoms with Crippen molar-refractivity contribution in [1.29, 1.82) is 0 Å². The van der Waals surface area contributed by atoms with E-state index in [1.807, 2.05) is 13.8 Å². The Kier molecular flexibility index (Phi) is 3.19. The Bertz CT molecular complexity index is 114. The molecule has 0 aromatic heterocycles. The van der Waals surface area contributed by atoms with Crippen LogP contribution >= 0.6 is 12.2 Å². The molecule has 3 N–H and O–H groups in total. The molecule has 0 rings (SSSR count). The molecule has 0 spiro atoms. The lowest BCUT2D eigenvalue weighted by atomic mass is 10.4. The summed E-state index contributed by atoms with van der Waals surface area (Å²) in [4.78, 5) is 0. The van der Waals surface area contributed by atoms with E-state index in [1.165, 1.54) is 0 Å². The van der Waals surface area contributed by atoms with Crippen LogP contribution in [-0.2, 0) is 0 Å². The summed E-state index contributed by atoms with van der Waals surface area (Å²) >= 11 is 4.54. The lowest BCUT2D eigenvalue weighted by Crippen LogP contribution is -2.23. The van der Waals surface area contributed by atoms with Crippen molar-refractivity contribution in [2.75, 3.05) is 0 Å². The molecule has 0 aromatic carbocycles.